The molecule has 0 radical (unpaired) electrons. The van der Waals surface area contributed by atoms with Gasteiger partial charge in [0.05, 0.1) is 5.75 Å². The summed E-state index contributed by atoms with van der Waals surface area (Å²) in [6, 6.07) is 8.17. The zero-order valence-electron chi connectivity index (χ0n) is 19.8. The van der Waals surface area contributed by atoms with E-state index in [1.165, 1.54) is 19.3 Å². The first-order valence-corrected chi connectivity index (χ1v) is 14.5. The summed E-state index contributed by atoms with van der Waals surface area (Å²) in [5.41, 5.74) is 2.05. The molecule has 7 nitrogen and oxygen atoms in total. The summed E-state index contributed by atoms with van der Waals surface area (Å²) in [7, 11) is -3.13. The number of anilines is 2. The molecule has 1 saturated heterocycles. The number of unbranched alkanes of at least 4 members (excludes halogenated alkanes) is 1. The fourth-order valence-corrected chi connectivity index (χ4v) is 6.54. The molecule has 3 fully saturated rings. The van der Waals surface area contributed by atoms with E-state index in [2.05, 4.69) is 32.0 Å². The topological polar surface area (TPSA) is 81.8 Å². The number of nitrogens with zero attached hydrogens (tertiary/aromatic N) is 2. The Balaban J connectivity index is 1.11. The van der Waals surface area contributed by atoms with E-state index in [-0.39, 0.29) is 11.8 Å². The Kier molecular flexibility index (Phi) is 8.66. The molecule has 1 heterocycles. The molecule has 2 saturated carbocycles. The third kappa shape index (κ3) is 7.97. The highest BCUT2D eigenvalue weighted by atomic mass is 32.2. The first-order chi connectivity index (χ1) is 16.0. The SMILES string of the molecule is O=C(Nc1cccc(N2CCN(CCCCNS(=O)(=O)CC3CCCCC3)CC2)c1)C1CC1. The second-order valence-electron chi connectivity index (χ2n) is 10.0. The van der Waals surface area contributed by atoms with E-state index in [0.29, 0.717) is 18.2 Å². The highest BCUT2D eigenvalue weighted by Crippen LogP contribution is 2.31. The number of carbonyl (C=O) groups is 1. The number of carbonyl (C=O) groups excluding carboxylic acids is 1. The van der Waals surface area contributed by atoms with Crippen molar-refractivity contribution in [1.82, 2.24) is 9.62 Å². The Morgan fingerprint density at radius 1 is 0.970 bits per heavy atom. The van der Waals surface area contributed by atoms with Crippen LogP contribution in [0.5, 0.6) is 0 Å². The van der Waals surface area contributed by atoms with Crippen molar-refractivity contribution in [2.45, 2.75) is 57.8 Å². The van der Waals surface area contributed by atoms with Crippen molar-refractivity contribution >= 4 is 27.3 Å². The number of sulfonamides is 1. The van der Waals surface area contributed by atoms with Gasteiger partial charge in [-0.2, -0.15) is 0 Å². The van der Waals surface area contributed by atoms with Gasteiger partial charge in [-0.1, -0.05) is 25.3 Å². The number of amides is 1. The number of rotatable bonds is 11. The van der Waals surface area contributed by atoms with Crippen LogP contribution >= 0.6 is 0 Å². The van der Waals surface area contributed by atoms with Crippen LogP contribution in [-0.4, -0.2) is 64.2 Å². The lowest BCUT2D eigenvalue weighted by atomic mass is 9.91. The van der Waals surface area contributed by atoms with Crippen LogP contribution in [0, 0.1) is 11.8 Å². The minimum atomic E-state index is -3.13. The maximum absolute atomic E-state index is 12.3. The summed E-state index contributed by atoms with van der Waals surface area (Å²) in [5.74, 6) is 1.01. The van der Waals surface area contributed by atoms with Gasteiger partial charge in [0.25, 0.3) is 0 Å². The molecule has 4 rings (SSSR count). The second-order valence-corrected chi connectivity index (χ2v) is 11.9. The zero-order chi connectivity index (χ0) is 23.1. The highest BCUT2D eigenvalue weighted by molar-refractivity contribution is 7.89. The van der Waals surface area contributed by atoms with Gasteiger partial charge in [0.1, 0.15) is 0 Å². The van der Waals surface area contributed by atoms with Crippen molar-refractivity contribution in [2.75, 3.05) is 55.2 Å². The van der Waals surface area contributed by atoms with Gasteiger partial charge in [-0.3, -0.25) is 9.69 Å². The quantitative estimate of drug-likeness (QED) is 0.478. The van der Waals surface area contributed by atoms with Gasteiger partial charge in [-0.25, -0.2) is 13.1 Å². The normalized spacial score (nSPS) is 20.7. The molecule has 0 spiro atoms. The highest BCUT2D eigenvalue weighted by Gasteiger charge is 2.29. The van der Waals surface area contributed by atoms with Crippen LogP contribution in [0.2, 0.25) is 0 Å². The maximum atomic E-state index is 12.3. The summed E-state index contributed by atoms with van der Waals surface area (Å²) in [5, 5.41) is 3.04. The molecular formula is C25H40N4O3S. The molecule has 1 aromatic carbocycles. The first kappa shape index (κ1) is 24.5. The van der Waals surface area contributed by atoms with E-state index in [0.717, 1.165) is 82.6 Å². The van der Waals surface area contributed by atoms with Crippen molar-refractivity contribution in [1.29, 1.82) is 0 Å². The number of hydrogen-bond donors (Lipinski definition) is 2. The summed E-state index contributed by atoms with van der Waals surface area (Å²) in [6.45, 7) is 5.50. The van der Waals surface area contributed by atoms with Gasteiger partial charge in [-0.15, -0.1) is 0 Å². The minimum absolute atomic E-state index is 0.147. The maximum Gasteiger partial charge on any atom is 0.227 e. The third-order valence-electron chi connectivity index (χ3n) is 7.20. The lowest BCUT2D eigenvalue weighted by molar-refractivity contribution is -0.117. The van der Waals surface area contributed by atoms with Crippen LogP contribution in [0.3, 0.4) is 0 Å². The second kappa shape index (κ2) is 11.7. The summed E-state index contributed by atoms with van der Waals surface area (Å²) in [6.07, 6.45) is 9.65. The number of benzene rings is 1. The molecular weight excluding hydrogens is 436 g/mol. The van der Waals surface area contributed by atoms with Crippen LogP contribution in [0.25, 0.3) is 0 Å². The molecule has 1 aromatic rings. The largest absolute Gasteiger partial charge is 0.369 e. The molecule has 8 heteroatoms. The van der Waals surface area contributed by atoms with E-state index in [1.54, 1.807) is 0 Å². The monoisotopic (exact) mass is 476 g/mol. The molecule has 0 atom stereocenters. The molecule has 0 bridgehead atoms. The van der Waals surface area contributed by atoms with Gasteiger partial charge >= 0.3 is 0 Å². The Morgan fingerprint density at radius 2 is 1.73 bits per heavy atom. The zero-order valence-corrected chi connectivity index (χ0v) is 20.6. The van der Waals surface area contributed by atoms with Crippen molar-refractivity contribution < 1.29 is 13.2 Å². The fourth-order valence-electron chi connectivity index (χ4n) is 5.01. The van der Waals surface area contributed by atoms with E-state index in [9.17, 15) is 13.2 Å². The molecule has 3 aliphatic rings. The predicted molar refractivity (Wildman–Crippen MR) is 134 cm³/mol. The van der Waals surface area contributed by atoms with E-state index >= 15 is 0 Å². The van der Waals surface area contributed by atoms with Crippen LogP contribution in [0.4, 0.5) is 11.4 Å². The van der Waals surface area contributed by atoms with Crippen molar-refractivity contribution in [3.8, 4) is 0 Å². The van der Waals surface area contributed by atoms with E-state index in [1.807, 2.05) is 12.1 Å². The van der Waals surface area contributed by atoms with Gasteiger partial charge in [0.2, 0.25) is 15.9 Å². The van der Waals surface area contributed by atoms with E-state index < -0.39 is 10.0 Å². The van der Waals surface area contributed by atoms with Gasteiger partial charge in [-0.05, 0) is 69.2 Å². The average Bonchev–Trinajstić information content (AvgIpc) is 3.65. The molecule has 0 unspecified atom stereocenters. The molecule has 2 N–H and O–H groups in total. The summed E-state index contributed by atoms with van der Waals surface area (Å²) in [4.78, 5) is 16.9. The van der Waals surface area contributed by atoms with Crippen LogP contribution in [0.15, 0.2) is 24.3 Å². The van der Waals surface area contributed by atoms with Crippen LogP contribution in [-0.2, 0) is 14.8 Å². The molecule has 184 valence electrons. The van der Waals surface area contributed by atoms with E-state index in [4.69, 9.17) is 0 Å². The van der Waals surface area contributed by atoms with Crippen molar-refractivity contribution in [3.63, 3.8) is 0 Å². The van der Waals surface area contributed by atoms with Crippen molar-refractivity contribution in [3.05, 3.63) is 24.3 Å². The third-order valence-corrected chi connectivity index (χ3v) is 8.76. The predicted octanol–water partition coefficient (Wildman–Crippen LogP) is 3.44. The van der Waals surface area contributed by atoms with Crippen molar-refractivity contribution in [2.24, 2.45) is 11.8 Å². The number of hydrogen-bond acceptors (Lipinski definition) is 5. The Morgan fingerprint density at radius 3 is 2.45 bits per heavy atom. The summed E-state index contributed by atoms with van der Waals surface area (Å²) < 4.78 is 27.4. The number of piperazine rings is 1. The average molecular weight is 477 g/mol. The minimum Gasteiger partial charge on any atom is -0.369 e. The summed E-state index contributed by atoms with van der Waals surface area (Å²) >= 11 is 0. The smallest absolute Gasteiger partial charge is 0.227 e. The lowest BCUT2D eigenvalue weighted by Gasteiger charge is -2.36. The van der Waals surface area contributed by atoms with Gasteiger partial charge < -0.3 is 10.2 Å². The Hall–Kier alpha value is -1.64. The molecule has 0 aromatic heterocycles. The van der Waals surface area contributed by atoms with Gasteiger partial charge in [0, 0.05) is 50.0 Å². The fraction of sp³-hybridized carbons (Fsp3) is 0.720. The first-order valence-electron chi connectivity index (χ1n) is 12.8. The molecule has 2 aliphatic carbocycles. The van der Waals surface area contributed by atoms with Crippen LogP contribution in [0.1, 0.15) is 57.8 Å². The lowest BCUT2D eigenvalue weighted by Crippen LogP contribution is -2.46. The molecule has 1 aliphatic heterocycles. The Labute approximate surface area is 199 Å². The molecule has 33 heavy (non-hydrogen) atoms. The Bertz CT molecular complexity index is 873. The standard InChI is InChI=1S/C25H40N4O3S/c30-25(22-11-12-22)27-23-9-6-10-24(19-23)29-17-15-28(16-18-29)14-5-4-13-26-33(31,32)20-21-7-2-1-3-8-21/h6,9-10,19,21-22,26H,1-5,7-8,11-18,20H2,(H,27,30). The van der Waals surface area contributed by atoms with Crippen LogP contribution < -0.4 is 14.9 Å². The molecule has 1 amide bonds. The van der Waals surface area contributed by atoms with Gasteiger partial charge in [0.15, 0.2) is 0 Å². The number of nitrogens with one attached hydrogen (secondary N) is 2.